The second kappa shape index (κ2) is 6.45. The monoisotopic (exact) mass is 365 g/mol. The topological polar surface area (TPSA) is 53.1 Å². The van der Waals surface area contributed by atoms with Crippen molar-refractivity contribution < 1.29 is 9.90 Å². The van der Waals surface area contributed by atoms with Gasteiger partial charge in [0.15, 0.2) is 0 Å². The van der Waals surface area contributed by atoms with Crippen molar-refractivity contribution in [3.05, 3.63) is 45.4 Å². The number of fused-ring (bicyclic) bond motifs is 1. The van der Waals surface area contributed by atoms with Gasteiger partial charge in [-0.3, -0.25) is 0 Å². The number of aromatic carboxylic acids is 1. The number of H-pyrrole nitrogens is 1. The maximum absolute atomic E-state index is 11.4. The van der Waals surface area contributed by atoms with Crippen LogP contribution in [-0.2, 0) is 0 Å². The number of rotatable bonds is 2. The summed E-state index contributed by atoms with van der Waals surface area (Å²) in [6.07, 6.45) is 0. The first kappa shape index (κ1) is 15.8. The lowest BCUT2D eigenvalue weighted by atomic mass is 10.0. The van der Waals surface area contributed by atoms with Crippen molar-refractivity contribution in [3.63, 3.8) is 0 Å². The molecular weight excluding hydrogens is 350 g/mol. The molecule has 3 aromatic rings. The fourth-order valence-corrected chi connectivity index (χ4v) is 3.84. The number of aromatic nitrogens is 1. The fourth-order valence-electron chi connectivity index (χ4n) is 2.17. The number of carboxylic acids is 1. The molecule has 2 N–H and O–H groups in total. The predicted octanol–water partition coefficient (Wildman–Crippen LogP) is 5.69. The highest BCUT2D eigenvalue weighted by atomic mass is 79.9. The minimum absolute atomic E-state index is 0.244. The standard InChI is InChI=1S/C14H10BrNO2S.C2H6/c1-7-3-2-4-8(5-7)10-12(14(17)18)16-11-9(15)6-19-13(10)11;1-2/h2-6,16H,1H3,(H,17,18);1-2H3. The number of aromatic amines is 1. The van der Waals surface area contributed by atoms with Crippen LogP contribution >= 0.6 is 27.3 Å². The molecule has 0 unspecified atom stereocenters. The first-order valence-electron chi connectivity index (χ1n) is 6.67. The number of aryl methyl sites for hydroxylation is 1. The molecule has 0 atom stereocenters. The summed E-state index contributed by atoms with van der Waals surface area (Å²) >= 11 is 4.97. The van der Waals surface area contributed by atoms with Gasteiger partial charge in [0.2, 0.25) is 0 Å². The maximum Gasteiger partial charge on any atom is 0.353 e. The van der Waals surface area contributed by atoms with Crippen molar-refractivity contribution in [2.45, 2.75) is 20.8 Å². The van der Waals surface area contributed by atoms with Crippen LogP contribution in [0.2, 0.25) is 0 Å². The number of thiophene rings is 1. The van der Waals surface area contributed by atoms with Crippen molar-refractivity contribution in [3.8, 4) is 11.1 Å². The van der Waals surface area contributed by atoms with E-state index in [-0.39, 0.29) is 5.69 Å². The number of nitrogens with one attached hydrogen (secondary N) is 1. The molecule has 5 heteroatoms. The number of carbonyl (C=O) groups is 1. The highest BCUT2D eigenvalue weighted by molar-refractivity contribution is 9.10. The molecule has 1 aromatic carbocycles. The summed E-state index contributed by atoms with van der Waals surface area (Å²) in [7, 11) is 0. The number of carboxylic acid groups (broad SMARTS) is 1. The summed E-state index contributed by atoms with van der Waals surface area (Å²) in [5, 5.41) is 11.3. The molecule has 0 saturated carbocycles. The molecular formula is C16H16BrNO2S. The average Bonchev–Trinajstić information content (AvgIpc) is 3.01. The van der Waals surface area contributed by atoms with E-state index in [2.05, 4.69) is 20.9 Å². The van der Waals surface area contributed by atoms with E-state index in [4.69, 9.17) is 0 Å². The molecule has 0 fully saturated rings. The number of hydrogen-bond acceptors (Lipinski definition) is 2. The predicted molar refractivity (Wildman–Crippen MR) is 92.4 cm³/mol. The van der Waals surface area contributed by atoms with Gasteiger partial charge < -0.3 is 10.1 Å². The van der Waals surface area contributed by atoms with E-state index in [1.807, 2.05) is 50.4 Å². The van der Waals surface area contributed by atoms with Crippen LogP contribution in [0.3, 0.4) is 0 Å². The van der Waals surface area contributed by atoms with Gasteiger partial charge >= 0.3 is 5.97 Å². The molecule has 3 rings (SSSR count). The Morgan fingerprint density at radius 3 is 2.67 bits per heavy atom. The van der Waals surface area contributed by atoms with Crippen LogP contribution in [0.5, 0.6) is 0 Å². The second-order valence-corrected chi connectivity index (χ2v) is 6.07. The molecule has 3 nitrogen and oxygen atoms in total. The van der Waals surface area contributed by atoms with Crippen molar-refractivity contribution in [1.82, 2.24) is 4.98 Å². The van der Waals surface area contributed by atoms with Crippen LogP contribution in [0.25, 0.3) is 21.3 Å². The minimum atomic E-state index is -0.938. The largest absolute Gasteiger partial charge is 0.477 e. The molecule has 2 heterocycles. The third-order valence-electron chi connectivity index (χ3n) is 2.99. The Kier molecular flexibility index (Phi) is 4.85. The quantitative estimate of drug-likeness (QED) is 0.612. The van der Waals surface area contributed by atoms with Gasteiger partial charge in [-0.05, 0) is 28.4 Å². The Bertz CT molecular complexity index is 789. The zero-order chi connectivity index (χ0) is 15.6. The Morgan fingerprint density at radius 2 is 2.05 bits per heavy atom. The zero-order valence-corrected chi connectivity index (χ0v) is 14.4. The minimum Gasteiger partial charge on any atom is -0.477 e. The lowest BCUT2D eigenvalue weighted by Crippen LogP contribution is -1.98. The van der Waals surface area contributed by atoms with E-state index in [0.29, 0.717) is 0 Å². The summed E-state index contributed by atoms with van der Waals surface area (Å²) in [6.45, 7) is 6.00. The van der Waals surface area contributed by atoms with Crippen LogP contribution in [0.15, 0.2) is 34.1 Å². The van der Waals surface area contributed by atoms with Gasteiger partial charge in [0.05, 0.1) is 14.7 Å². The molecule has 0 radical (unpaired) electrons. The molecule has 0 bridgehead atoms. The molecule has 0 aliphatic rings. The molecule has 110 valence electrons. The molecule has 0 aliphatic heterocycles. The lowest BCUT2D eigenvalue weighted by molar-refractivity contribution is 0.0692. The van der Waals surface area contributed by atoms with Gasteiger partial charge in [0.1, 0.15) is 5.69 Å². The Labute approximate surface area is 135 Å². The van der Waals surface area contributed by atoms with Crippen LogP contribution < -0.4 is 0 Å². The Hall–Kier alpha value is -1.59. The molecule has 0 amide bonds. The third kappa shape index (κ3) is 2.89. The summed E-state index contributed by atoms with van der Waals surface area (Å²) < 4.78 is 1.86. The molecule has 0 spiro atoms. The smallest absolute Gasteiger partial charge is 0.353 e. The maximum atomic E-state index is 11.4. The summed E-state index contributed by atoms with van der Waals surface area (Å²) in [6, 6.07) is 7.88. The van der Waals surface area contributed by atoms with Gasteiger partial charge in [0, 0.05) is 10.9 Å². The van der Waals surface area contributed by atoms with Gasteiger partial charge in [-0.2, -0.15) is 0 Å². The number of halogens is 1. The first-order valence-corrected chi connectivity index (χ1v) is 8.34. The van der Waals surface area contributed by atoms with Crippen LogP contribution in [0.1, 0.15) is 29.9 Å². The third-order valence-corrected chi connectivity index (χ3v) is 4.92. The van der Waals surface area contributed by atoms with E-state index in [0.717, 1.165) is 31.4 Å². The highest BCUT2D eigenvalue weighted by Gasteiger charge is 2.21. The van der Waals surface area contributed by atoms with E-state index < -0.39 is 5.97 Å². The van der Waals surface area contributed by atoms with Gasteiger partial charge in [0.25, 0.3) is 0 Å². The molecule has 21 heavy (non-hydrogen) atoms. The van der Waals surface area contributed by atoms with Crippen molar-refractivity contribution in [1.29, 1.82) is 0 Å². The molecule has 0 saturated heterocycles. The number of hydrogen-bond donors (Lipinski definition) is 2. The summed E-state index contributed by atoms with van der Waals surface area (Å²) in [4.78, 5) is 14.4. The van der Waals surface area contributed by atoms with E-state index in [1.54, 1.807) is 0 Å². The lowest BCUT2D eigenvalue weighted by Gasteiger charge is -2.02. The van der Waals surface area contributed by atoms with Crippen molar-refractivity contribution in [2.75, 3.05) is 0 Å². The zero-order valence-electron chi connectivity index (χ0n) is 12.0. The SMILES string of the molecule is CC.Cc1cccc(-c2c(C(=O)O)[nH]c3c(Br)csc23)c1. The first-order chi connectivity index (χ1) is 10.1. The van der Waals surface area contributed by atoms with Crippen LogP contribution in [0, 0.1) is 6.92 Å². The van der Waals surface area contributed by atoms with Gasteiger partial charge in [-0.15, -0.1) is 11.3 Å². The Balaban J connectivity index is 0.000000774. The summed E-state index contributed by atoms with van der Waals surface area (Å²) in [5.41, 5.74) is 3.89. The summed E-state index contributed by atoms with van der Waals surface area (Å²) in [5.74, 6) is -0.938. The fraction of sp³-hybridized carbons (Fsp3) is 0.188. The average molecular weight is 366 g/mol. The molecule has 0 aliphatic carbocycles. The highest BCUT2D eigenvalue weighted by Crippen LogP contribution is 2.40. The van der Waals surface area contributed by atoms with Gasteiger partial charge in [-0.25, -0.2) is 4.79 Å². The second-order valence-electron chi connectivity index (χ2n) is 4.34. The van der Waals surface area contributed by atoms with Gasteiger partial charge in [-0.1, -0.05) is 43.7 Å². The van der Waals surface area contributed by atoms with Crippen LogP contribution in [0.4, 0.5) is 0 Å². The normalized spacial score (nSPS) is 10.3. The van der Waals surface area contributed by atoms with E-state index in [1.165, 1.54) is 11.3 Å². The molecule has 2 aromatic heterocycles. The number of benzene rings is 1. The Morgan fingerprint density at radius 1 is 1.33 bits per heavy atom. The van der Waals surface area contributed by atoms with E-state index in [9.17, 15) is 9.90 Å². The van der Waals surface area contributed by atoms with E-state index >= 15 is 0 Å². The van der Waals surface area contributed by atoms with Crippen LogP contribution in [-0.4, -0.2) is 16.1 Å². The van der Waals surface area contributed by atoms with Crippen molar-refractivity contribution in [2.24, 2.45) is 0 Å². The van der Waals surface area contributed by atoms with Crippen molar-refractivity contribution >= 4 is 43.5 Å².